The SMILES string of the molecule is C=C(C)CCC.CC.CC.CC.CC(C)(C)OC(=O)N1CCC2(CC1)CN(c1ccc3nc(-c4ccc(OCc5ccccc5)nc4OCc4ccccc4)oc3c1)C2.CS. The van der Waals surface area contributed by atoms with Crippen LogP contribution in [0.2, 0.25) is 0 Å². The van der Waals surface area contributed by atoms with Crippen LogP contribution in [0.4, 0.5) is 10.5 Å². The van der Waals surface area contributed by atoms with Crippen molar-refractivity contribution in [1.82, 2.24) is 14.9 Å². The quantitative estimate of drug-likeness (QED) is 0.110. The van der Waals surface area contributed by atoms with E-state index in [-0.39, 0.29) is 11.5 Å². The molecular formula is C51H74N4O5S. The number of aromatic nitrogens is 2. The first-order valence-electron chi connectivity index (χ1n) is 22.1. The number of thiol groups is 1. The second-order valence-electron chi connectivity index (χ2n) is 15.3. The molecule has 2 aliphatic heterocycles. The van der Waals surface area contributed by atoms with E-state index in [0.29, 0.717) is 42.0 Å². The third-order valence-electron chi connectivity index (χ3n) is 9.46. The van der Waals surface area contributed by atoms with Gasteiger partial charge in [-0.3, -0.25) is 0 Å². The van der Waals surface area contributed by atoms with Crippen LogP contribution in [-0.2, 0) is 18.0 Å². The summed E-state index contributed by atoms with van der Waals surface area (Å²) in [5.41, 5.74) is 6.35. The van der Waals surface area contributed by atoms with Crippen molar-refractivity contribution in [2.24, 2.45) is 5.41 Å². The Balaban J connectivity index is 0.000000815. The van der Waals surface area contributed by atoms with Crippen molar-refractivity contribution in [1.29, 1.82) is 0 Å². The lowest BCUT2D eigenvalue weighted by atomic mass is 9.72. The zero-order chi connectivity index (χ0) is 45.4. The number of likely N-dealkylation sites (tertiary alicyclic amines) is 1. The molecule has 3 aromatic carbocycles. The number of pyridine rings is 1. The number of carbonyl (C=O) groups excluding carboxylic acids is 1. The number of carbonyl (C=O) groups is 1. The number of allylic oxidation sites excluding steroid dienone is 1. The summed E-state index contributed by atoms with van der Waals surface area (Å²) in [6.07, 6.45) is 5.84. The first kappa shape index (κ1) is 52.2. The molecule has 0 saturated carbocycles. The summed E-state index contributed by atoms with van der Waals surface area (Å²) in [6.45, 7) is 29.8. The molecule has 4 heterocycles. The minimum absolute atomic E-state index is 0.215. The Morgan fingerprint density at radius 1 is 0.803 bits per heavy atom. The van der Waals surface area contributed by atoms with Crippen LogP contribution in [0.1, 0.15) is 113 Å². The van der Waals surface area contributed by atoms with Crippen LogP contribution < -0.4 is 14.4 Å². The van der Waals surface area contributed by atoms with E-state index in [4.69, 9.17) is 28.6 Å². The molecule has 10 heteroatoms. The summed E-state index contributed by atoms with van der Waals surface area (Å²) in [5, 5.41) is 0. The third-order valence-corrected chi connectivity index (χ3v) is 9.46. The molecule has 1 spiro atoms. The van der Waals surface area contributed by atoms with Crippen molar-refractivity contribution in [2.45, 2.75) is 121 Å². The predicted molar refractivity (Wildman–Crippen MR) is 259 cm³/mol. The van der Waals surface area contributed by atoms with Crippen molar-refractivity contribution in [3.63, 3.8) is 0 Å². The number of anilines is 1. The number of ether oxygens (including phenoxy) is 3. The lowest BCUT2D eigenvalue weighted by molar-refractivity contribution is 0.00597. The summed E-state index contributed by atoms with van der Waals surface area (Å²) in [5.74, 6) is 1.30. The minimum atomic E-state index is -0.480. The van der Waals surface area contributed by atoms with E-state index in [1.165, 1.54) is 18.4 Å². The van der Waals surface area contributed by atoms with E-state index in [0.717, 1.165) is 61.4 Å². The normalized spacial score (nSPS) is 13.4. The maximum atomic E-state index is 12.5. The van der Waals surface area contributed by atoms with Gasteiger partial charge in [-0.15, -0.1) is 6.58 Å². The molecule has 7 rings (SSSR count). The second-order valence-corrected chi connectivity index (χ2v) is 15.3. The highest BCUT2D eigenvalue weighted by molar-refractivity contribution is 7.79. The summed E-state index contributed by atoms with van der Waals surface area (Å²) in [4.78, 5) is 26.3. The van der Waals surface area contributed by atoms with Crippen LogP contribution in [-0.4, -0.2) is 59.0 Å². The molecular weight excluding hydrogens is 781 g/mol. The van der Waals surface area contributed by atoms with Crippen molar-refractivity contribution >= 4 is 35.5 Å². The van der Waals surface area contributed by atoms with E-state index in [2.05, 4.69) is 50.1 Å². The van der Waals surface area contributed by atoms with Gasteiger partial charge in [-0.05, 0) is 82.5 Å². The summed E-state index contributed by atoms with van der Waals surface area (Å²) in [7, 11) is 0. The third kappa shape index (κ3) is 16.4. The molecule has 5 aromatic rings. The summed E-state index contributed by atoms with van der Waals surface area (Å²) < 4.78 is 24.2. The van der Waals surface area contributed by atoms with Gasteiger partial charge in [0.05, 0.1) is 5.56 Å². The molecule has 9 nitrogen and oxygen atoms in total. The van der Waals surface area contributed by atoms with Gasteiger partial charge in [-0.25, -0.2) is 9.78 Å². The van der Waals surface area contributed by atoms with Gasteiger partial charge in [0.15, 0.2) is 5.58 Å². The molecule has 0 atom stereocenters. The van der Waals surface area contributed by atoms with Gasteiger partial charge in [0.2, 0.25) is 17.7 Å². The molecule has 0 unspecified atom stereocenters. The molecule has 334 valence electrons. The average molecular weight is 855 g/mol. The van der Waals surface area contributed by atoms with Crippen LogP contribution in [0.5, 0.6) is 11.8 Å². The standard InChI is InChI=1S/C38H40N4O5.C6H12.3C2H6.CH4S/c1-37(2,3)47-36(43)41-20-18-38(19-21-41)25-42(26-38)29-14-16-31-32(22-29)46-35(39-31)30-15-17-33(44-23-27-10-6-4-7-11-27)40-34(30)45-24-28-12-8-5-9-13-28;1-4-5-6(2)3;4*1-2/h4-17,22H,18-21,23-26H2,1-3H3;2,4-5H2,1,3H3;3*1-2H3;2H,1H3. The number of rotatable bonds is 10. The zero-order valence-electron chi connectivity index (χ0n) is 39.2. The molecule has 2 fully saturated rings. The van der Waals surface area contributed by atoms with Gasteiger partial charge in [-0.2, -0.15) is 17.6 Å². The molecule has 61 heavy (non-hydrogen) atoms. The Morgan fingerprint density at radius 3 is 1.87 bits per heavy atom. The van der Waals surface area contributed by atoms with Gasteiger partial charge in [0, 0.05) is 49.4 Å². The number of oxazole rings is 1. The number of hydrogen-bond donors (Lipinski definition) is 1. The Morgan fingerprint density at radius 2 is 1.36 bits per heavy atom. The lowest BCUT2D eigenvalue weighted by Crippen LogP contribution is -2.61. The van der Waals surface area contributed by atoms with E-state index < -0.39 is 5.60 Å². The summed E-state index contributed by atoms with van der Waals surface area (Å²) in [6, 6.07) is 29.8. The minimum Gasteiger partial charge on any atom is -0.473 e. The Labute approximate surface area is 373 Å². The fourth-order valence-corrected chi connectivity index (χ4v) is 6.64. The van der Waals surface area contributed by atoms with E-state index >= 15 is 0 Å². The van der Waals surface area contributed by atoms with Crippen LogP contribution in [0.15, 0.2) is 108 Å². The van der Waals surface area contributed by atoms with Gasteiger partial charge in [-0.1, -0.05) is 121 Å². The fraction of sp³-hybridized carbons (Fsp3) is 0.471. The number of amides is 1. The maximum Gasteiger partial charge on any atom is 0.410 e. The van der Waals surface area contributed by atoms with Crippen LogP contribution in [0.25, 0.3) is 22.6 Å². The van der Waals surface area contributed by atoms with Gasteiger partial charge >= 0.3 is 6.09 Å². The molecule has 1 amide bonds. The Kier molecular flexibility index (Phi) is 23.2. The first-order chi connectivity index (χ1) is 29.5. The van der Waals surface area contributed by atoms with Crippen molar-refractivity contribution in [2.75, 3.05) is 37.3 Å². The molecule has 0 aliphatic carbocycles. The lowest BCUT2D eigenvalue weighted by Gasteiger charge is -2.54. The predicted octanol–water partition coefficient (Wildman–Crippen LogP) is 13.9. The Hall–Kier alpha value is -4.96. The number of piperidine rings is 1. The average Bonchev–Trinajstić information content (AvgIpc) is 3.71. The first-order valence-corrected chi connectivity index (χ1v) is 23.0. The largest absolute Gasteiger partial charge is 0.473 e. The van der Waals surface area contributed by atoms with E-state index in [9.17, 15) is 4.79 Å². The number of nitrogens with zero attached hydrogens (tertiary/aromatic N) is 4. The monoisotopic (exact) mass is 855 g/mol. The van der Waals surface area contributed by atoms with Gasteiger partial charge in [0.25, 0.3) is 0 Å². The van der Waals surface area contributed by atoms with Crippen LogP contribution >= 0.6 is 12.6 Å². The molecule has 0 bridgehead atoms. The molecule has 0 radical (unpaired) electrons. The van der Waals surface area contributed by atoms with E-state index in [1.807, 2.05) is 146 Å². The Bertz CT molecular complexity index is 1980. The molecule has 2 saturated heterocycles. The highest BCUT2D eigenvalue weighted by Gasteiger charge is 2.46. The van der Waals surface area contributed by atoms with Crippen molar-refractivity contribution in [3.05, 3.63) is 114 Å². The topological polar surface area (TPSA) is 90.2 Å². The number of benzene rings is 3. The smallest absolute Gasteiger partial charge is 0.410 e. The molecule has 2 aromatic heterocycles. The fourth-order valence-electron chi connectivity index (χ4n) is 6.64. The maximum absolute atomic E-state index is 12.5. The van der Waals surface area contributed by atoms with E-state index in [1.54, 1.807) is 6.26 Å². The van der Waals surface area contributed by atoms with Crippen molar-refractivity contribution in [3.8, 4) is 23.2 Å². The number of fused-ring (bicyclic) bond motifs is 1. The van der Waals surface area contributed by atoms with Crippen LogP contribution in [0, 0.1) is 5.41 Å². The van der Waals surface area contributed by atoms with Gasteiger partial charge in [0.1, 0.15) is 24.3 Å². The number of hydrogen-bond acceptors (Lipinski definition) is 9. The van der Waals surface area contributed by atoms with Crippen LogP contribution in [0.3, 0.4) is 0 Å². The molecule has 2 aliphatic rings. The zero-order valence-corrected chi connectivity index (χ0v) is 40.1. The highest BCUT2D eigenvalue weighted by Crippen LogP contribution is 2.44. The highest BCUT2D eigenvalue weighted by atomic mass is 32.1. The molecule has 0 N–H and O–H groups in total. The summed E-state index contributed by atoms with van der Waals surface area (Å²) >= 11 is 3.53. The van der Waals surface area contributed by atoms with Crippen molar-refractivity contribution < 1.29 is 23.4 Å². The second kappa shape index (κ2) is 27.1. The van der Waals surface area contributed by atoms with Gasteiger partial charge < -0.3 is 28.4 Å².